The largest absolute Gasteiger partial charge is 0.508 e. The second kappa shape index (κ2) is 8.77. The molecule has 6 heteroatoms. The molecule has 0 saturated carbocycles. The van der Waals surface area contributed by atoms with Crippen molar-refractivity contribution >= 4 is 45.5 Å². The Labute approximate surface area is 190 Å². The third-order valence-electron chi connectivity index (χ3n) is 5.34. The molecule has 32 heavy (non-hydrogen) atoms. The average molecular weight is 440 g/mol. The quantitative estimate of drug-likeness (QED) is 0.391. The first kappa shape index (κ1) is 20.2. The SMILES string of the molecule is O=C1/C(=C\c2ccc(O)cc2)SC(=Nc2ccccc2)N1CCc1c[nH]c2ccccc12. The zero-order valence-electron chi connectivity index (χ0n) is 17.2. The Kier molecular flexibility index (Phi) is 5.52. The van der Waals surface area contributed by atoms with Crippen molar-refractivity contribution in [2.24, 2.45) is 4.99 Å². The van der Waals surface area contributed by atoms with Gasteiger partial charge >= 0.3 is 0 Å². The van der Waals surface area contributed by atoms with E-state index >= 15 is 0 Å². The Hall–Kier alpha value is -3.77. The van der Waals surface area contributed by atoms with E-state index in [9.17, 15) is 9.90 Å². The lowest BCUT2D eigenvalue weighted by Gasteiger charge is -2.15. The van der Waals surface area contributed by atoms with E-state index in [0.717, 1.165) is 23.2 Å². The summed E-state index contributed by atoms with van der Waals surface area (Å²) in [6.45, 7) is 0.534. The smallest absolute Gasteiger partial charge is 0.266 e. The number of phenolic OH excluding ortho intramolecular Hbond substituents is 1. The number of H-pyrrole nitrogens is 1. The summed E-state index contributed by atoms with van der Waals surface area (Å²) < 4.78 is 0. The fourth-order valence-electron chi connectivity index (χ4n) is 3.69. The minimum atomic E-state index is -0.0578. The number of amides is 1. The average Bonchev–Trinajstić information content (AvgIpc) is 3.35. The number of phenols is 1. The van der Waals surface area contributed by atoms with Gasteiger partial charge in [0.05, 0.1) is 10.6 Å². The molecule has 1 aliphatic rings. The van der Waals surface area contributed by atoms with E-state index in [0.29, 0.717) is 16.6 Å². The summed E-state index contributed by atoms with van der Waals surface area (Å²) in [5.41, 5.74) is 3.94. The summed E-state index contributed by atoms with van der Waals surface area (Å²) in [6, 6.07) is 24.7. The number of carbonyl (C=O) groups excluding carboxylic acids is 1. The maximum absolute atomic E-state index is 13.3. The molecule has 1 aromatic heterocycles. The number of thioether (sulfide) groups is 1. The van der Waals surface area contributed by atoms with Gasteiger partial charge in [-0.2, -0.15) is 0 Å². The molecule has 158 valence electrons. The van der Waals surface area contributed by atoms with Crippen molar-refractivity contribution in [2.75, 3.05) is 6.54 Å². The van der Waals surface area contributed by atoms with Crippen molar-refractivity contribution in [1.29, 1.82) is 0 Å². The van der Waals surface area contributed by atoms with Gasteiger partial charge in [0.25, 0.3) is 5.91 Å². The molecule has 0 atom stereocenters. The second-order valence-corrected chi connectivity index (χ2v) is 8.51. The van der Waals surface area contributed by atoms with Crippen LogP contribution in [0.3, 0.4) is 0 Å². The predicted octanol–water partition coefficient (Wildman–Crippen LogP) is 5.72. The van der Waals surface area contributed by atoms with Crippen LogP contribution in [0.4, 0.5) is 5.69 Å². The Balaban J connectivity index is 1.45. The summed E-state index contributed by atoms with van der Waals surface area (Å²) in [4.78, 5) is 23.7. The van der Waals surface area contributed by atoms with Crippen LogP contribution in [0.1, 0.15) is 11.1 Å². The molecule has 4 aromatic rings. The fourth-order valence-corrected chi connectivity index (χ4v) is 4.72. The van der Waals surface area contributed by atoms with Gasteiger partial charge in [-0.25, -0.2) is 4.99 Å². The van der Waals surface area contributed by atoms with E-state index in [1.165, 1.54) is 22.7 Å². The Morgan fingerprint density at radius 3 is 2.53 bits per heavy atom. The number of nitrogens with one attached hydrogen (secondary N) is 1. The standard InChI is InChI=1S/C26H21N3O2S/c30-21-12-10-18(11-13-21)16-24-25(31)29(26(32-24)28-20-6-2-1-3-7-20)15-14-19-17-27-23-9-5-4-8-22(19)23/h1-13,16-17,27,30H,14-15H2/b24-16+,28-26?. The Bertz CT molecular complexity index is 1320. The first-order valence-corrected chi connectivity index (χ1v) is 11.2. The van der Waals surface area contributed by atoms with E-state index in [-0.39, 0.29) is 11.7 Å². The molecule has 0 aliphatic carbocycles. The summed E-state index contributed by atoms with van der Waals surface area (Å²) in [6.07, 6.45) is 4.58. The minimum Gasteiger partial charge on any atom is -0.508 e. The third kappa shape index (κ3) is 4.18. The van der Waals surface area contributed by atoms with Gasteiger partial charge < -0.3 is 10.1 Å². The van der Waals surface area contributed by atoms with Crippen molar-refractivity contribution < 1.29 is 9.90 Å². The number of aromatic amines is 1. The topological polar surface area (TPSA) is 68.7 Å². The van der Waals surface area contributed by atoms with E-state index < -0.39 is 0 Å². The van der Waals surface area contributed by atoms with Gasteiger partial charge in [0.15, 0.2) is 5.17 Å². The number of rotatable bonds is 5. The van der Waals surface area contributed by atoms with Crippen molar-refractivity contribution in [2.45, 2.75) is 6.42 Å². The molecule has 2 heterocycles. The number of fused-ring (bicyclic) bond motifs is 1. The van der Waals surface area contributed by atoms with Crippen LogP contribution in [-0.4, -0.2) is 32.6 Å². The Morgan fingerprint density at radius 2 is 1.72 bits per heavy atom. The number of carbonyl (C=O) groups is 1. The number of amidine groups is 1. The number of aromatic hydroxyl groups is 1. The molecule has 5 rings (SSSR count). The number of para-hydroxylation sites is 2. The normalized spacial score (nSPS) is 16.5. The van der Waals surface area contributed by atoms with Crippen LogP contribution in [0.15, 0.2) is 95.0 Å². The van der Waals surface area contributed by atoms with Gasteiger partial charge in [-0.15, -0.1) is 0 Å². The number of nitrogens with zero attached hydrogens (tertiary/aromatic N) is 2. The van der Waals surface area contributed by atoms with Crippen molar-refractivity contribution in [3.63, 3.8) is 0 Å². The van der Waals surface area contributed by atoms with Crippen molar-refractivity contribution in [3.8, 4) is 5.75 Å². The second-order valence-electron chi connectivity index (χ2n) is 7.50. The maximum Gasteiger partial charge on any atom is 0.266 e. The lowest BCUT2D eigenvalue weighted by molar-refractivity contribution is -0.122. The highest BCUT2D eigenvalue weighted by molar-refractivity contribution is 8.18. The molecule has 5 nitrogen and oxygen atoms in total. The van der Waals surface area contributed by atoms with Crippen LogP contribution in [0, 0.1) is 0 Å². The van der Waals surface area contributed by atoms with Crippen LogP contribution in [0.25, 0.3) is 17.0 Å². The van der Waals surface area contributed by atoms with E-state index in [4.69, 9.17) is 4.99 Å². The summed E-state index contributed by atoms with van der Waals surface area (Å²) in [7, 11) is 0. The molecule has 1 amide bonds. The molecule has 2 N–H and O–H groups in total. The molecular formula is C26H21N3O2S. The highest BCUT2D eigenvalue weighted by atomic mass is 32.2. The van der Waals surface area contributed by atoms with Gasteiger partial charge in [0.2, 0.25) is 0 Å². The van der Waals surface area contributed by atoms with Crippen molar-refractivity contribution in [1.82, 2.24) is 9.88 Å². The van der Waals surface area contributed by atoms with Gasteiger partial charge in [-0.05, 0) is 65.7 Å². The van der Waals surface area contributed by atoms with Gasteiger partial charge in [0.1, 0.15) is 5.75 Å². The molecule has 1 fully saturated rings. The lowest BCUT2D eigenvalue weighted by Crippen LogP contribution is -2.31. The molecule has 0 bridgehead atoms. The third-order valence-corrected chi connectivity index (χ3v) is 6.35. The maximum atomic E-state index is 13.3. The van der Waals surface area contributed by atoms with Crippen LogP contribution in [0.2, 0.25) is 0 Å². The summed E-state index contributed by atoms with van der Waals surface area (Å²) in [5.74, 6) is 0.141. The molecule has 0 spiro atoms. The zero-order chi connectivity index (χ0) is 21.9. The zero-order valence-corrected chi connectivity index (χ0v) is 18.0. The molecule has 1 saturated heterocycles. The van der Waals surface area contributed by atoms with Gasteiger partial charge in [0, 0.05) is 23.6 Å². The van der Waals surface area contributed by atoms with Crippen LogP contribution in [0.5, 0.6) is 5.75 Å². The van der Waals surface area contributed by atoms with E-state index in [1.54, 1.807) is 29.2 Å². The van der Waals surface area contributed by atoms with Crippen LogP contribution in [-0.2, 0) is 11.2 Å². The van der Waals surface area contributed by atoms with E-state index in [1.807, 2.05) is 54.7 Å². The molecule has 1 aliphatic heterocycles. The number of aliphatic imine (C=N–C) groups is 1. The fraction of sp³-hybridized carbons (Fsp3) is 0.0769. The Morgan fingerprint density at radius 1 is 0.969 bits per heavy atom. The number of benzene rings is 3. The van der Waals surface area contributed by atoms with Crippen LogP contribution >= 0.6 is 11.8 Å². The van der Waals surface area contributed by atoms with Crippen molar-refractivity contribution in [3.05, 3.63) is 101 Å². The highest BCUT2D eigenvalue weighted by Crippen LogP contribution is 2.34. The molecular weight excluding hydrogens is 418 g/mol. The highest BCUT2D eigenvalue weighted by Gasteiger charge is 2.33. The first-order chi connectivity index (χ1) is 15.7. The summed E-state index contributed by atoms with van der Waals surface area (Å²) in [5, 5.41) is 11.4. The minimum absolute atomic E-state index is 0.0578. The molecule has 3 aromatic carbocycles. The first-order valence-electron chi connectivity index (χ1n) is 10.4. The van der Waals surface area contributed by atoms with Gasteiger partial charge in [-0.3, -0.25) is 9.69 Å². The summed E-state index contributed by atoms with van der Waals surface area (Å²) >= 11 is 1.38. The predicted molar refractivity (Wildman–Crippen MR) is 131 cm³/mol. The number of hydrogen-bond acceptors (Lipinski definition) is 4. The van der Waals surface area contributed by atoms with Gasteiger partial charge in [-0.1, -0.05) is 48.5 Å². The van der Waals surface area contributed by atoms with Crippen LogP contribution < -0.4 is 0 Å². The molecule has 0 radical (unpaired) electrons. The molecule has 0 unspecified atom stereocenters. The lowest BCUT2D eigenvalue weighted by atomic mass is 10.1. The monoisotopic (exact) mass is 439 g/mol. The number of aromatic nitrogens is 1. The van der Waals surface area contributed by atoms with E-state index in [2.05, 4.69) is 17.1 Å². The number of hydrogen-bond donors (Lipinski definition) is 2.